The summed E-state index contributed by atoms with van der Waals surface area (Å²) in [6.45, 7) is 0. The third-order valence-electron chi connectivity index (χ3n) is 5.31. The van der Waals surface area contributed by atoms with Crippen molar-refractivity contribution < 1.29 is 18.0 Å². The molecule has 27 heavy (non-hydrogen) atoms. The number of sulfone groups is 1. The molecule has 4 rings (SSSR count). The van der Waals surface area contributed by atoms with Crippen molar-refractivity contribution in [3.8, 4) is 0 Å². The van der Waals surface area contributed by atoms with Gasteiger partial charge in [-0.15, -0.1) is 0 Å². The van der Waals surface area contributed by atoms with Gasteiger partial charge in [0.05, 0.1) is 9.79 Å². The van der Waals surface area contributed by atoms with Gasteiger partial charge in [0, 0.05) is 28.8 Å². The smallest absolute Gasteiger partial charge is 0.251 e. The number of carbonyl (C=O) groups is 2. The van der Waals surface area contributed by atoms with E-state index in [-0.39, 0.29) is 50.3 Å². The van der Waals surface area contributed by atoms with E-state index >= 15 is 0 Å². The highest BCUT2D eigenvalue weighted by molar-refractivity contribution is 7.91. The summed E-state index contributed by atoms with van der Waals surface area (Å²) in [5, 5.41) is 2.95. The SMILES string of the molecule is NC1CCC(NC(=O)c2ccc3c(c2)S(=O)(=O)c2ccccc2C3=O)CC1. The third-order valence-corrected chi connectivity index (χ3v) is 7.16. The summed E-state index contributed by atoms with van der Waals surface area (Å²) in [6.07, 6.45) is 3.33. The number of benzene rings is 2. The Hall–Kier alpha value is -2.51. The summed E-state index contributed by atoms with van der Waals surface area (Å²) < 4.78 is 25.9. The second kappa shape index (κ2) is 6.58. The molecule has 1 fully saturated rings. The lowest BCUT2D eigenvalue weighted by Crippen LogP contribution is -2.40. The Balaban J connectivity index is 1.66. The first-order chi connectivity index (χ1) is 12.9. The molecule has 1 heterocycles. The summed E-state index contributed by atoms with van der Waals surface area (Å²) in [5.74, 6) is -0.677. The lowest BCUT2D eigenvalue weighted by atomic mass is 9.91. The molecule has 1 aliphatic heterocycles. The lowest BCUT2D eigenvalue weighted by molar-refractivity contribution is 0.0924. The average Bonchev–Trinajstić information content (AvgIpc) is 2.68. The highest BCUT2D eigenvalue weighted by atomic mass is 32.2. The highest BCUT2D eigenvalue weighted by Crippen LogP contribution is 2.34. The topological polar surface area (TPSA) is 106 Å². The molecular formula is C20H20N2O4S. The number of nitrogens with one attached hydrogen (secondary N) is 1. The zero-order valence-electron chi connectivity index (χ0n) is 14.6. The molecule has 0 aromatic heterocycles. The van der Waals surface area contributed by atoms with Crippen molar-refractivity contribution in [2.75, 3.05) is 0 Å². The standard InChI is InChI=1S/C20H20N2O4S/c21-13-6-8-14(9-7-13)22-20(24)12-5-10-16-18(11-12)27(25,26)17-4-2-1-3-15(17)19(16)23/h1-5,10-11,13-14H,6-9,21H2,(H,22,24). The molecule has 0 spiro atoms. The first-order valence-corrected chi connectivity index (χ1v) is 10.5. The molecule has 3 N–H and O–H groups in total. The number of hydrogen-bond donors (Lipinski definition) is 2. The van der Waals surface area contributed by atoms with Gasteiger partial charge in [-0.2, -0.15) is 0 Å². The van der Waals surface area contributed by atoms with Crippen molar-refractivity contribution in [3.05, 3.63) is 59.2 Å². The lowest BCUT2D eigenvalue weighted by Gasteiger charge is -2.27. The molecule has 140 valence electrons. The van der Waals surface area contributed by atoms with Crippen LogP contribution in [0.3, 0.4) is 0 Å². The summed E-state index contributed by atoms with van der Waals surface area (Å²) in [6, 6.07) is 10.6. The van der Waals surface area contributed by atoms with E-state index in [0.717, 1.165) is 25.7 Å². The number of amides is 1. The van der Waals surface area contributed by atoms with Gasteiger partial charge in [0.2, 0.25) is 9.84 Å². The predicted molar refractivity (Wildman–Crippen MR) is 99.5 cm³/mol. The maximum Gasteiger partial charge on any atom is 0.251 e. The van der Waals surface area contributed by atoms with Gasteiger partial charge < -0.3 is 11.1 Å². The van der Waals surface area contributed by atoms with Crippen LogP contribution in [0.1, 0.15) is 52.0 Å². The minimum Gasteiger partial charge on any atom is -0.349 e. The van der Waals surface area contributed by atoms with E-state index in [1.54, 1.807) is 12.1 Å². The molecule has 0 atom stereocenters. The quantitative estimate of drug-likeness (QED) is 0.703. The number of carbonyl (C=O) groups excluding carboxylic acids is 2. The molecule has 0 radical (unpaired) electrons. The number of nitrogens with two attached hydrogens (primary N) is 1. The van der Waals surface area contributed by atoms with Crippen molar-refractivity contribution in [3.63, 3.8) is 0 Å². The Morgan fingerprint density at radius 1 is 0.963 bits per heavy atom. The fraction of sp³-hybridized carbons (Fsp3) is 0.300. The van der Waals surface area contributed by atoms with Crippen LogP contribution < -0.4 is 11.1 Å². The number of rotatable bonds is 2. The largest absolute Gasteiger partial charge is 0.349 e. The van der Waals surface area contributed by atoms with Crippen LogP contribution in [0, 0.1) is 0 Å². The maximum atomic E-state index is 12.9. The van der Waals surface area contributed by atoms with Crippen LogP contribution in [0.5, 0.6) is 0 Å². The van der Waals surface area contributed by atoms with Gasteiger partial charge in [0.1, 0.15) is 0 Å². The minimum absolute atomic E-state index is 0.0127. The van der Waals surface area contributed by atoms with Crippen molar-refractivity contribution >= 4 is 21.5 Å². The maximum absolute atomic E-state index is 12.9. The van der Waals surface area contributed by atoms with E-state index in [9.17, 15) is 18.0 Å². The molecule has 0 saturated heterocycles. The van der Waals surface area contributed by atoms with E-state index in [1.165, 1.54) is 30.3 Å². The van der Waals surface area contributed by atoms with Gasteiger partial charge in [-0.05, 0) is 56.0 Å². The van der Waals surface area contributed by atoms with E-state index in [2.05, 4.69) is 5.32 Å². The molecule has 1 aliphatic carbocycles. The van der Waals surface area contributed by atoms with Gasteiger partial charge in [0.25, 0.3) is 5.91 Å². The Kier molecular flexibility index (Phi) is 4.36. The Bertz CT molecular complexity index is 1040. The van der Waals surface area contributed by atoms with Crippen LogP contribution in [0.4, 0.5) is 0 Å². The zero-order valence-corrected chi connectivity index (χ0v) is 15.5. The normalized spacial score (nSPS) is 23.2. The summed E-state index contributed by atoms with van der Waals surface area (Å²) >= 11 is 0. The summed E-state index contributed by atoms with van der Waals surface area (Å²) in [7, 11) is -3.85. The van der Waals surface area contributed by atoms with Crippen LogP contribution in [0.25, 0.3) is 0 Å². The van der Waals surface area contributed by atoms with E-state index in [0.29, 0.717) is 0 Å². The van der Waals surface area contributed by atoms with Gasteiger partial charge in [0.15, 0.2) is 5.78 Å². The molecule has 0 bridgehead atoms. The molecule has 6 nitrogen and oxygen atoms in total. The van der Waals surface area contributed by atoms with Gasteiger partial charge in [-0.1, -0.05) is 12.1 Å². The van der Waals surface area contributed by atoms with Gasteiger partial charge in [-0.25, -0.2) is 8.42 Å². The highest BCUT2D eigenvalue weighted by Gasteiger charge is 2.35. The molecular weight excluding hydrogens is 364 g/mol. The average molecular weight is 384 g/mol. The van der Waals surface area contributed by atoms with Gasteiger partial charge in [-0.3, -0.25) is 9.59 Å². The molecule has 2 aliphatic rings. The van der Waals surface area contributed by atoms with Crippen LogP contribution >= 0.6 is 0 Å². The van der Waals surface area contributed by atoms with Gasteiger partial charge >= 0.3 is 0 Å². The number of ketones is 1. The number of hydrogen-bond acceptors (Lipinski definition) is 5. The monoisotopic (exact) mass is 384 g/mol. The Morgan fingerprint density at radius 2 is 1.63 bits per heavy atom. The second-order valence-electron chi connectivity index (χ2n) is 7.12. The second-order valence-corrected chi connectivity index (χ2v) is 9.01. The Labute approximate surface area is 157 Å². The van der Waals surface area contributed by atoms with Crippen molar-refractivity contribution in [1.29, 1.82) is 0 Å². The fourth-order valence-electron chi connectivity index (χ4n) is 3.76. The van der Waals surface area contributed by atoms with E-state index < -0.39 is 9.84 Å². The third kappa shape index (κ3) is 3.07. The molecule has 2 aromatic carbocycles. The first kappa shape index (κ1) is 17.9. The summed E-state index contributed by atoms with van der Waals surface area (Å²) in [4.78, 5) is 25.1. The molecule has 1 saturated carbocycles. The van der Waals surface area contributed by atoms with Crippen LogP contribution in [-0.2, 0) is 9.84 Å². The zero-order chi connectivity index (χ0) is 19.2. The summed E-state index contributed by atoms with van der Waals surface area (Å²) in [5.41, 5.74) is 6.39. The molecule has 1 amide bonds. The Morgan fingerprint density at radius 3 is 2.37 bits per heavy atom. The predicted octanol–water partition coefficient (Wildman–Crippen LogP) is 2.06. The van der Waals surface area contributed by atoms with Crippen LogP contribution in [0.2, 0.25) is 0 Å². The van der Waals surface area contributed by atoms with Crippen molar-refractivity contribution in [2.24, 2.45) is 5.73 Å². The van der Waals surface area contributed by atoms with Crippen LogP contribution in [-0.4, -0.2) is 32.2 Å². The van der Waals surface area contributed by atoms with Crippen LogP contribution in [0.15, 0.2) is 52.3 Å². The molecule has 7 heteroatoms. The van der Waals surface area contributed by atoms with Crippen molar-refractivity contribution in [1.82, 2.24) is 5.32 Å². The minimum atomic E-state index is -3.85. The fourth-order valence-corrected chi connectivity index (χ4v) is 5.44. The molecule has 0 unspecified atom stereocenters. The first-order valence-electron chi connectivity index (χ1n) is 8.97. The molecule has 2 aromatic rings. The van der Waals surface area contributed by atoms with Crippen molar-refractivity contribution in [2.45, 2.75) is 47.6 Å². The number of fused-ring (bicyclic) bond motifs is 2. The van der Waals surface area contributed by atoms with E-state index in [4.69, 9.17) is 5.73 Å². The van der Waals surface area contributed by atoms with E-state index in [1.807, 2.05) is 0 Å².